The molecule has 3 heterocycles. The predicted octanol–water partition coefficient (Wildman–Crippen LogP) is 2.24. The molecule has 4 rings (SSSR count). The van der Waals surface area contributed by atoms with Gasteiger partial charge in [-0.25, -0.2) is 0 Å². The van der Waals surface area contributed by atoms with Gasteiger partial charge in [0, 0.05) is 18.1 Å². The van der Waals surface area contributed by atoms with Gasteiger partial charge in [0.15, 0.2) is 12.4 Å². The Kier molecular flexibility index (Phi) is 3.76. The monoisotopic (exact) mass is 382 g/mol. The van der Waals surface area contributed by atoms with Crippen LogP contribution in [0.25, 0.3) is 0 Å². The van der Waals surface area contributed by atoms with Gasteiger partial charge in [0.2, 0.25) is 0 Å². The molecule has 1 fully saturated rings. The molecule has 1 aromatic heterocycles. The Balaban J connectivity index is 1.67. The van der Waals surface area contributed by atoms with Crippen LogP contribution >= 0.6 is 0 Å². The number of nitrogens with zero attached hydrogens (tertiary/aromatic N) is 2. The average molecular weight is 382 g/mol. The molecule has 27 heavy (non-hydrogen) atoms. The number of ether oxygens (including phenoxy) is 2. The Morgan fingerprint density at radius 1 is 1.37 bits per heavy atom. The third kappa shape index (κ3) is 2.84. The first kappa shape index (κ1) is 17.5. The fourth-order valence-corrected chi connectivity index (χ4v) is 3.57. The van der Waals surface area contributed by atoms with Crippen LogP contribution in [0.5, 0.6) is 11.5 Å². The number of carbonyl (C=O) groups excluding carboxylic acids is 1. The minimum atomic E-state index is -4.43. The number of benzene rings is 1. The smallest absolute Gasteiger partial charge is 0.422 e. The van der Waals surface area contributed by atoms with E-state index in [1.165, 1.54) is 12.1 Å². The summed E-state index contributed by atoms with van der Waals surface area (Å²) in [4.78, 5) is 14.3. The van der Waals surface area contributed by atoms with Gasteiger partial charge in [0.1, 0.15) is 17.1 Å². The van der Waals surface area contributed by atoms with Gasteiger partial charge >= 0.3 is 6.18 Å². The van der Waals surface area contributed by atoms with Crippen LogP contribution in [-0.4, -0.2) is 46.9 Å². The van der Waals surface area contributed by atoms with Crippen LogP contribution in [0.3, 0.4) is 0 Å². The number of nitrogen functional groups attached to an aromatic ring is 1. The number of amides is 1. The SMILES string of the molecule is CCOc1cc(OCC(F)(F)F)ccc1[C@@]12Cc3[nH]nc(N)c3C(=O)N1C2. The minimum Gasteiger partial charge on any atom is -0.493 e. The Bertz CT molecular complexity index is 911. The van der Waals surface area contributed by atoms with Crippen LogP contribution in [0.1, 0.15) is 28.5 Å². The summed E-state index contributed by atoms with van der Waals surface area (Å²) >= 11 is 0. The summed E-state index contributed by atoms with van der Waals surface area (Å²) in [5.41, 5.74) is 6.89. The normalized spacial score (nSPS) is 20.9. The fraction of sp³-hybridized carbons (Fsp3) is 0.412. The Labute approximate surface area is 152 Å². The zero-order valence-corrected chi connectivity index (χ0v) is 14.4. The first-order chi connectivity index (χ1) is 12.7. The van der Waals surface area contributed by atoms with Gasteiger partial charge in [-0.3, -0.25) is 9.89 Å². The van der Waals surface area contributed by atoms with Crippen molar-refractivity contribution in [2.24, 2.45) is 0 Å². The number of nitrogens with two attached hydrogens (primary N) is 1. The van der Waals surface area contributed by atoms with Crippen molar-refractivity contribution >= 4 is 11.7 Å². The van der Waals surface area contributed by atoms with Crippen molar-refractivity contribution in [1.82, 2.24) is 15.1 Å². The van der Waals surface area contributed by atoms with Crippen LogP contribution in [0.2, 0.25) is 0 Å². The van der Waals surface area contributed by atoms with Gasteiger partial charge in [-0.2, -0.15) is 18.3 Å². The maximum absolute atomic E-state index is 12.7. The molecule has 2 aliphatic heterocycles. The second-order valence-electron chi connectivity index (χ2n) is 6.56. The highest BCUT2D eigenvalue weighted by Gasteiger charge is 2.61. The summed E-state index contributed by atoms with van der Waals surface area (Å²) in [6.45, 7) is 1.18. The predicted molar refractivity (Wildman–Crippen MR) is 88.6 cm³/mol. The van der Waals surface area contributed by atoms with Gasteiger partial charge < -0.3 is 20.1 Å². The number of fused-ring (bicyclic) bond motifs is 2. The molecule has 10 heteroatoms. The van der Waals surface area contributed by atoms with Crippen LogP contribution in [0.4, 0.5) is 19.0 Å². The van der Waals surface area contributed by atoms with Crippen molar-refractivity contribution in [2.45, 2.75) is 25.1 Å². The number of hydrogen-bond donors (Lipinski definition) is 2. The van der Waals surface area contributed by atoms with Gasteiger partial charge in [-0.05, 0) is 19.1 Å². The highest BCUT2D eigenvalue weighted by atomic mass is 19.4. The molecule has 0 radical (unpaired) electrons. The number of anilines is 1. The lowest BCUT2D eigenvalue weighted by molar-refractivity contribution is -0.153. The lowest BCUT2D eigenvalue weighted by Crippen LogP contribution is -2.31. The van der Waals surface area contributed by atoms with E-state index in [1.807, 2.05) is 0 Å². The Morgan fingerprint density at radius 3 is 2.85 bits per heavy atom. The molecule has 0 spiro atoms. The lowest BCUT2D eigenvalue weighted by Gasteiger charge is -2.25. The van der Waals surface area contributed by atoms with E-state index in [2.05, 4.69) is 10.2 Å². The van der Waals surface area contributed by atoms with Crippen LogP contribution in [0.15, 0.2) is 18.2 Å². The van der Waals surface area contributed by atoms with E-state index in [4.69, 9.17) is 15.2 Å². The van der Waals surface area contributed by atoms with Crippen molar-refractivity contribution in [3.8, 4) is 11.5 Å². The van der Waals surface area contributed by atoms with Gasteiger partial charge in [-0.1, -0.05) is 0 Å². The van der Waals surface area contributed by atoms with E-state index in [0.717, 1.165) is 5.56 Å². The zero-order valence-electron chi connectivity index (χ0n) is 14.4. The van der Waals surface area contributed by atoms with Gasteiger partial charge in [0.05, 0.1) is 24.4 Å². The van der Waals surface area contributed by atoms with Crippen LogP contribution in [-0.2, 0) is 12.0 Å². The summed E-state index contributed by atoms with van der Waals surface area (Å²) in [6, 6.07) is 4.53. The molecule has 3 N–H and O–H groups in total. The summed E-state index contributed by atoms with van der Waals surface area (Å²) in [5, 5.41) is 6.69. The maximum atomic E-state index is 12.7. The standard InChI is InChI=1S/C17H17F3N4O3/c1-2-26-12-5-9(27-8-17(18,19)20)3-4-10(12)16-6-11-13(14(21)23-22-11)15(25)24(16)7-16/h3-5H,2,6-8H2,1H3,(H3,21,22,23)/t16-,24?/m0/s1. The first-order valence-electron chi connectivity index (χ1n) is 8.37. The lowest BCUT2D eigenvalue weighted by atomic mass is 9.89. The number of H-pyrrole nitrogens is 1. The molecule has 0 saturated carbocycles. The van der Waals surface area contributed by atoms with Crippen molar-refractivity contribution in [1.29, 1.82) is 0 Å². The number of nitrogens with one attached hydrogen (secondary N) is 1. The fourth-order valence-electron chi connectivity index (χ4n) is 3.57. The first-order valence-corrected chi connectivity index (χ1v) is 8.37. The number of rotatable bonds is 5. The van der Waals surface area contributed by atoms with E-state index in [0.29, 0.717) is 36.6 Å². The molecule has 0 unspecified atom stereocenters. The molecule has 2 aromatic rings. The molecule has 144 valence electrons. The molecular formula is C17H17F3N4O3. The second-order valence-corrected chi connectivity index (χ2v) is 6.56. The largest absolute Gasteiger partial charge is 0.493 e. The Morgan fingerprint density at radius 2 is 2.15 bits per heavy atom. The molecule has 1 atom stereocenters. The maximum Gasteiger partial charge on any atom is 0.422 e. The van der Waals surface area contributed by atoms with Crippen molar-refractivity contribution in [3.05, 3.63) is 35.0 Å². The van der Waals surface area contributed by atoms with E-state index in [-0.39, 0.29) is 17.5 Å². The second kappa shape index (κ2) is 5.80. The highest BCUT2D eigenvalue weighted by molar-refractivity contribution is 6.03. The third-order valence-corrected chi connectivity index (χ3v) is 4.79. The molecule has 1 amide bonds. The number of aromatic amines is 1. The third-order valence-electron chi connectivity index (χ3n) is 4.79. The number of aromatic nitrogens is 2. The summed E-state index contributed by atoms with van der Waals surface area (Å²) in [6.07, 6.45) is -3.95. The molecule has 0 bridgehead atoms. The zero-order chi connectivity index (χ0) is 19.4. The van der Waals surface area contributed by atoms with Crippen molar-refractivity contribution in [3.63, 3.8) is 0 Å². The molecule has 7 nitrogen and oxygen atoms in total. The Hall–Kier alpha value is -2.91. The quantitative estimate of drug-likeness (QED) is 0.774. The summed E-state index contributed by atoms with van der Waals surface area (Å²) in [7, 11) is 0. The van der Waals surface area contributed by atoms with Crippen LogP contribution in [0, 0.1) is 0 Å². The van der Waals surface area contributed by atoms with Crippen molar-refractivity contribution in [2.75, 3.05) is 25.5 Å². The van der Waals surface area contributed by atoms with Crippen LogP contribution < -0.4 is 15.2 Å². The van der Waals surface area contributed by atoms with Gasteiger partial charge in [0.25, 0.3) is 5.91 Å². The number of carbonyl (C=O) groups is 1. The van der Waals surface area contributed by atoms with Crippen molar-refractivity contribution < 1.29 is 27.4 Å². The number of halogens is 3. The minimum absolute atomic E-state index is 0.0525. The van der Waals surface area contributed by atoms with E-state index in [1.54, 1.807) is 17.9 Å². The average Bonchev–Trinajstić information content (AvgIpc) is 3.23. The molecule has 0 aliphatic carbocycles. The summed E-state index contributed by atoms with van der Waals surface area (Å²) < 4.78 is 47.6. The number of alkyl halides is 3. The topological polar surface area (TPSA) is 93.2 Å². The molecular weight excluding hydrogens is 365 g/mol. The highest BCUT2D eigenvalue weighted by Crippen LogP contribution is 2.53. The molecule has 1 saturated heterocycles. The molecule has 2 aliphatic rings. The molecule has 1 aromatic carbocycles. The summed E-state index contributed by atoms with van der Waals surface area (Å²) in [5.74, 6) is 0.388. The van der Waals surface area contributed by atoms with Gasteiger partial charge in [-0.15, -0.1) is 0 Å². The number of hydrogen-bond acceptors (Lipinski definition) is 5. The van der Waals surface area contributed by atoms with E-state index in [9.17, 15) is 18.0 Å². The van der Waals surface area contributed by atoms with E-state index >= 15 is 0 Å². The van der Waals surface area contributed by atoms with E-state index < -0.39 is 18.3 Å².